The Morgan fingerprint density at radius 1 is 1.53 bits per heavy atom. The molecule has 0 spiro atoms. The fourth-order valence-corrected chi connectivity index (χ4v) is 1.97. The van der Waals surface area contributed by atoms with Crippen molar-refractivity contribution in [3.8, 4) is 6.07 Å². The van der Waals surface area contributed by atoms with Crippen LogP contribution in [0.4, 0.5) is 4.39 Å². The number of nitriles is 1. The Kier molecular flexibility index (Phi) is 5.81. The maximum atomic E-state index is 13.4. The molecule has 1 N–H and O–H groups in total. The highest BCUT2D eigenvalue weighted by Crippen LogP contribution is 2.09. The van der Waals surface area contributed by atoms with Crippen LogP contribution in [0.15, 0.2) is 18.2 Å². The van der Waals surface area contributed by atoms with Gasteiger partial charge >= 0.3 is 0 Å². The predicted molar refractivity (Wildman–Crippen MR) is 66.4 cm³/mol. The second-order valence-corrected chi connectivity index (χ2v) is 5.39. The fourth-order valence-electron chi connectivity index (χ4n) is 1.31. The average molecular weight is 254 g/mol. The second kappa shape index (κ2) is 7.15. The van der Waals surface area contributed by atoms with E-state index in [-0.39, 0.29) is 5.82 Å². The van der Waals surface area contributed by atoms with Gasteiger partial charge in [0.05, 0.1) is 11.6 Å². The van der Waals surface area contributed by atoms with Crippen molar-refractivity contribution in [2.24, 2.45) is 0 Å². The van der Waals surface area contributed by atoms with E-state index in [9.17, 15) is 8.60 Å². The molecule has 0 saturated carbocycles. The quantitative estimate of drug-likeness (QED) is 0.784. The van der Waals surface area contributed by atoms with Gasteiger partial charge in [-0.15, -0.1) is 0 Å². The molecule has 0 heterocycles. The number of benzene rings is 1. The third-order valence-electron chi connectivity index (χ3n) is 2.33. The average Bonchev–Trinajstić information content (AvgIpc) is 2.35. The molecule has 92 valence electrons. The van der Waals surface area contributed by atoms with E-state index in [1.165, 1.54) is 6.07 Å². The summed E-state index contributed by atoms with van der Waals surface area (Å²) in [5.74, 6) is 0.842. The zero-order valence-electron chi connectivity index (χ0n) is 9.70. The summed E-state index contributed by atoms with van der Waals surface area (Å²) in [5, 5.41) is 11.6. The summed E-state index contributed by atoms with van der Waals surface area (Å²) >= 11 is 0. The van der Waals surface area contributed by atoms with Crippen LogP contribution in [0.2, 0.25) is 0 Å². The van der Waals surface area contributed by atoms with Crippen molar-refractivity contribution in [3.63, 3.8) is 0 Å². The van der Waals surface area contributed by atoms with E-state index in [4.69, 9.17) is 5.26 Å². The van der Waals surface area contributed by atoms with Crippen molar-refractivity contribution < 1.29 is 8.60 Å². The first-order chi connectivity index (χ1) is 8.17. The summed E-state index contributed by atoms with van der Waals surface area (Å²) in [5.41, 5.74) is 0.838. The SMILES string of the molecule is CCS(=O)CCNCc1ccc(C#N)cc1F. The normalized spacial score (nSPS) is 12.1. The molecule has 0 saturated heterocycles. The molecule has 1 rings (SSSR count). The first-order valence-electron chi connectivity index (χ1n) is 5.41. The van der Waals surface area contributed by atoms with E-state index >= 15 is 0 Å². The summed E-state index contributed by atoms with van der Waals surface area (Å²) < 4.78 is 24.6. The van der Waals surface area contributed by atoms with Gasteiger partial charge in [-0.2, -0.15) is 5.26 Å². The van der Waals surface area contributed by atoms with E-state index in [1.54, 1.807) is 12.1 Å². The van der Waals surface area contributed by atoms with Gasteiger partial charge in [0.15, 0.2) is 0 Å². The third-order valence-corrected chi connectivity index (χ3v) is 3.63. The number of nitrogens with one attached hydrogen (secondary N) is 1. The number of halogens is 1. The van der Waals surface area contributed by atoms with Crippen LogP contribution in [-0.2, 0) is 17.3 Å². The molecular formula is C12H15FN2OS. The molecule has 3 nitrogen and oxygen atoms in total. The summed E-state index contributed by atoms with van der Waals surface area (Å²) in [4.78, 5) is 0. The number of nitrogens with zero attached hydrogens (tertiary/aromatic N) is 1. The maximum Gasteiger partial charge on any atom is 0.129 e. The molecule has 1 unspecified atom stereocenters. The van der Waals surface area contributed by atoms with Gasteiger partial charge in [-0.25, -0.2) is 4.39 Å². The monoisotopic (exact) mass is 254 g/mol. The van der Waals surface area contributed by atoms with Crippen molar-refractivity contribution in [1.82, 2.24) is 5.32 Å². The number of hydrogen-bond acceptors (Lipinski definition) is 3. The largest absolute Gasteiger partial charge is 0.312 e. The summed E-state index contributed by atoms with van der Waals surface area (Å²) in [6, 6.07) is 6.29. The van der Waals surface area contributed by atoms with E-state index in [0.717, 1.165) is 0 Å². The molecule has 0 aromatic heterocycles. The topological polar surface area (TPSA) is 52.9 Å². The maximum absolute atomic E-state index is 13.4. The molecule has 0 radical (unpaired) electrons. The van der Waals surface area contributed by atoms with Crippen LogP contribution in [-0.4, -0.2) is 22.3 Å². The zero-order chi connectivity index (χ0) is 12.7. The van der Waals surface area contributed by atoms with E-state index in [1.807, 2.05) is 13.0 Å². The first kappa shape index (κ1) is 13.8. The van der Waals surface area contributed by atoms with Crippen LogP contribution < -0.4 is 5.32 Å². The Labute approximate surface area is 103 Å². The highest BCUT2D eigenvalue weighted by atomic mass is 32.2. The minimum Gasteiger partial charge on any atom is -0.312 e. The van der Waals surface area contributed by atoms with Crippen molar-refractivity contribution in [3.05, 3.63) is 35.1 Å². The van der Waals surface area contributed by atoms with Gasteiger partial charge in [0.2, 0.25) is 0 Å². The standard InChI is InChI=1S/C12H15FN2OS/c1-2-17(16)6-5-15-9-11-4-3-10(8-14)7-12(11)13/h3-4,7,15H,2,5-6,9H2,1H3. The van der Waals surface area contributed by atoms with E-state index in [2.05, 4.69) is 5.32 Å². The van der Waals surface area contributed by atoms with Crippen LogP contribution >= 0.6 is 0 Å². The Balaban J connectivity index is 2.42. The smallest absolute Gasteiger partial charge is 0.129 e. The summed E-state index contributed by atoms with van der Waals surface area (Å²) in [6.45, 7) is 2.86. The van der Waals surface area contributed by atoms with Crippen molar-refractivity contribution in [1.29, 1.82) is 5.26 Å². The van der Waals surface area contributed by atoms with Crippen LogP contribution in [0.1, 0.15) is 18.1 Å². The third kappa shape index (κ3) is 4.63. The molecule has 0 aliphatic heterocycles. The van der Waals surface area contributed by atoms with Crippen LogP contribution in [0.5, 0.6) is 0 Å². The number of rotatable bonds is 6. The molecule has 5 heteroatoms. The lowest BCUT2D eigenvalue weighted by Crippen LogP contribution is -2.21. The van der Waals surface area contributed by atoms with Gasteiger partial charge in [0.1, 0.15) is 5.82 Å². The second-order valence-electron chi connectivity index (χ2n) is 3.53. The van der Waals surface area contributed by atoms with Gasteiger partial charge in [-0.3, -0.25) is 4.21 Å². The highest BCUT2D eigenvalue weighted by molar-refractivity contribution is 7.84. The van der Waals surface area contributed by atoms with Crippen molar-refractivity contribution >= 4 is 10.8 Å². The molecule has 0 aliphatic rings. The minimum absolute atomic E-state index is 0.318. The minimum atomic E-state index is -0.795. The Morgan fingerprint density at radius 3 is 2.88 bits per heavy atom. The molecule has 0 bridgehead atoms. The molecule has 0 amide bonds. The Morgan fingerprint density at radius 2 is 2.29 bits per heavy atom. The van der Waals surface area contributed by atoms with Crippen molar-refractivity contribution in [2.45, 2.75) is 13.5 Å². The first-order valence-corrected chi connectivity index (χ1v) is 6.90. The van der Waals surface area contributed by atoms with E-state index < -0.39 is 10.8 Å². The van der Waals surface area contributed by atoms with Gasteiger partial charge in [-0.05, 0) is 12.1 Å². The molecule has 1 atom stereocenters. The lowest BCUT2D eigenvalue weighted by molar-refractivity contribution is 0.593. The van der Waals surface area contributed by atoms with Crippen LogP contribution in [0.25, 0.3) is 0 Å². The Bertz CT molecular complexity index is 443. The van der Waals surface area contributed by atoms with Gasteiger partial charge in [0, 0.05) is 41.0 Å². The van der Waals surface area contributed by atoms with Gasteiger partial charge < -0.3 is 5.32 Å². The Hall–Kier alpha value is -1.25. The number of hydrogen-bond donors (Lipinski definition) is 1. The highest BCUT2D eigenvalue weighted by Gasteiger charge is 2.03. The summed E-state index contributed by atoms with van der Waals surface area (Å²) in [6.07, 6.45) is 0. The molecule has 0 aliphatic carbocycles. The van der Waals surface area contributed by atoms with E-state index in [0.29, 0.717) is 35.7 Å². The van der Waals surface area contributed by atoms with Gasteiger partial charge in [0.25, 0.3) is 0 Å². The molecule has 17 heavy (non-hydrogen) atoms. The van der Waals surface area contributed by atoms with Gasteiger partial charge in [-0.1, -0.05) is 13.0 Å². The lowest BCUT2D eigenvalue weighted by atomic mass is 10.1. The van der Waals surface area contributed by atoms with Crippen LogP contribution in [0, 0.1) is 17.1 Å². The zero-order valence-corrected chi connectivity index (χ0v) is 10.5. The lowest BCUT2D eigenvalue weighted by Gasteiger charge is -2.05. The van der Waals surface area contributed by atoms with Crippen molar-refractivity contribution in [2.75, 3.05) is 18.1 Å². The van der Waals surface area contributed by atoms with Crippen LogP contribution in [0.3, 0.4) is 0 Å². The predicted octanol–water partition coefficient (Wildman–Crippen LogP) is 1.56. The molecule has 1 aromatic rings. The molecule has 1 aromatic carbocycles. The summed E-state index contributed by atoms with van der Waals surface area (Å²) in [7, 11) is -0.795. The molecule has 0 fully saturated rings. The molecular weight excluding hydrogens is 239 g/mol. The fraction of sp³-hybridized carbons (Fsp3) is 0.417.